The Bertz CT molecular complexity index is 388. The molecule has 2 nitrogen and oxygen atoms in total. The predicted molar refractivity (Wildman–Crippen MR) is 68.8 cm³/mol. The van der Waals surface area contributed by atoms with Gasteiger partial charge in [-0.1, -0.05) is 32.0 Å². The molecule has 0 aliphatic rings. The second-order valence-electron chi connectivity index (χ2n) is 4.50. The molecule has 0 radical (unpaired) electrons. The molecule has 0 aliphatic heterocycles. The van der Waals surface area contributed by atoms with E-state index in [1.165, 1.54) is 16.8 Å². The molecule has 0 fully saturated rings. The average molecular weight is 216 g/mol. The first-order valence-corrected chi connectivity index (χ1v) is 5.75. The SMILES string of the molecule is Cc1cccc(C(C)C)c1N(C)CCC#N. The smallest absolute Gasteiger partial charge is 0.0640 e. The lowest BCUT2D eigenvalue weighted by atomic mass is 9.97. The number of nitriles is 1. The van der Waals surface area contributed by atoms with E-state index < -0.39 is 0 Å². The van der Waals surface area contributed by atoms with Crippen LogP contribution in [0.25, 0.3) is 0 Å². The fourth-order valence-electron chi connectivity index (χ4n) is 2.00. The standard InChI is InChI=1S/C14H20N2/c1-11(2)13-8-5-7-12(3)14(13)16(4)10-6-9-15/h5,7-8,11H,6,10H2,1-4H3. The largest absolute Gasteiger partial charge is 0.373 e. The molecule has 0 aliphatic carbocycles. The number of aryl methyl sites for hydroxylation is 1. The van der Waals surface area contributed by atoms with Crippen molar-refractivity contribution in [2.75, 3.05) is 18.5 Å². The van der Waals surface area contributed by atoms with E-state index in [9.17, 15) is 0 Å². The van der Waals surface area contributed by atoms with Crippen LogP contribution in [0.4, 0.5) is 5.69 Å². The van der Waals surface area contributed by atoms with Crippen LogP contribution >= 0.6 is 0 Å². The Kier molecular flexibility index (Phi) is 4.37. The molecule has 1 rings (SSSR count). The number of hydrogen-bond donors (Lipinski definition) is 0. The number of hydrogen-bond acceptors (Lipinski definition) is 2. The van der Waals surface area contributed by atoms with E-state index in [-0.39, 0.29) is 0 Å². The van der Waals surface area contributed by atoms with Crippen LogP contribution in [-0.2, 0) is 0 Å². The Morgan fingerprint density at radius 1 is 1.38 bits per heavy atom. The molecule has 0 saturated carbocycles. The molecule has 0 unspecified atom stereocenters. The van der Waals surface area contributed by atoms with Crippen LogP contribution in [0.1, 0.15) is 37.3 Å². The van der Waals surface area contributed by atoms with Crippen molar-refractivity contribution < 1.29 is 0 Å². The third kappa shape index (κ3) is 2.76. The summed E-state index contributed by atoms with van der Waals surface area (Å²) in [6, 6.07) is 8.60. The second kappa shape index (κ2) is 5.55. The molecule has 0 bridgehead atoms. The Morgan fingerprint density at radius 3 is 2.62 bits per heavy atom. The molecule has 0 aromatic heterocycles. The van der Waals surface area contributed by atoms with Gasteiger partial charge in [0.15, 0.2) is 0 Å². The highest BCUT2D eigenvalue weighted by atomic mass is 15.1. The van der Waals surface area contributed by atoms with E-state index in [4.69, 9.17) is 5.26 Å². The van der Waals surface area contributed by atoms with Gasteiger partial charge in [-0.05, 0) is 24.0 Å². The van der Waals surface area contributed by atoms with Gasteiger partial charge in [0.1, 0.15) is 0 Å². The number of nitrogens with zero attached hydrogens (tertiary/aromatic N) is 2. The van der Waals surface area contributed by atoms with Crippen molar-refractivity contribution in [3.63, 3.8) is 0 Å². The monoisotopic (exact) mass is 216 g/mol. The summed E-state index contributed by atoms with van der Waals surface area (Å²) in [5, 5.41) is 8.63. The molecule has 16 heavy (non-hydrogen) atoms. The van der Waals surface area contributed by atoms with Crippen LogP contribution < -0.4 is 4.90 Å². The van der Waals surface area contributed by atoms with Crippen molar-refractivity contribution >= 4 is 5.69 Å². The summed E-state index contributed by atoms with van der Waals surface area (Å²) < 4.78 is 0. The van der Waals surface area contributed by atoms with Gasteiger partial charge in [-0.3, -0.25) is 0 Å². The highest BCUT2D eigenvalue weighted by Crippen LogP contribution is 2.30. The van der Waals surface area contributed by atoms with E-state index in [1.807, 2.05) is 0 Å². The van der Waals surface area contributed by atoms with Crippen LogP contribution in [0.15, 0.2) is 18.2 Å². The van der Waals surface area contributed by atoms with E-state index in [0.29, 0.717) is 12.3 Å². The van der Waals surface area contributed by atoms with Gasteiger partial charge >= 0.3 is 0 Å². The van der Waals surface area contributed by atoms with Crippen molar-refractivity contribution in [1.29, 1.82) is 5.26 Å². The summed E-state index contributed by atoms with van der Waals surface area (Å²) in [6.07, 6.45) is 0.572. The highest BCUT2D eigenvalue weighted by molar-refractivity contribution is 5.60. The van der Waals surface area contributed by atoms with Crippen molar-refractivity contribution in [2.24, 2.45) is 0 Å². The average Bonchev–Trinajstić information content (AvgIpc) is 2.25. The van der Waals surface area contributed by atoms with Crippen LogP contribution in [-0.4, -0.2) is 13.6 Å². The molecule has 0 atom stereocenters. The first kappa shape index (κ1) is 12.6. The lowest BCUT2D eigenvalue weighted by molar-refractivity contribution is 0.831. The fraction of sp³-hybridized carbons (Fsp3) is 0.500. The normalized spacial score (nSPS) is 10.2. The first-order valence-electron chi connectivity index (χ1n) is 5.75. The zero-order valence-corrected chi connectivity index (χ0v) is 10.6. The maximum Gasteiger partial charge on any atom is 0.0640 e. The van der Waals surface area contributed by atoms with Crippen LogP contribution in [0.2, 0.25) is 0 Å². The van der Waals surface area contributed by atoms with Crippen molar-refractivity contribution in [3.05, 3.63) is 29.3 Å². The lowest BCUT2D eigenvalue weighted by Gasteiger charge is -2.25. The Morgan fingerprint density at radius 2 is 2.06 bits per heavy atom. The van der Waals surface area contributed by atoms with E-state index >= 15 is 0 Å². The maximum absolute atomic E-state index is 8.63. The molecule has 0 N–H and O–H groups in total. The van der Waals surface area contributed by atoms with Gasteiger partial charge < -0.3 is 4.90 Å². The highest BCUT2D eigenvalue weighted by Gasteiger charge is 2.12. The van der Waals surface area contributed by atoms with Crippen molar-refractivity contribution in [2.45, 2.75) is 33.1 Å². The maximum atomic E-state index is 8.63. The van der Waals surface area contributed by atoms with Gasteiger partial charge in [-0.25, -0.2) is 0 Å². The van der Waals surface area contributed by atoms with Crippen LogP contribution in [0.5, 0.6) is 0 Å². The lowest BCUT2D eigenvalue weighted by Crippen LogP contribution is -2.21. The van der Waals surface area contributed by atoms with Gasteiger partial charge in [-0.2, -0.15) is 5.26 Å². The predicted octanol–water partition coefficient (Wildman–Crippen LogP) is 3.47. The van der Waals surface area contributed by atoms with Gasteiger partial charge in [0, 0.05) is 19.3 Å². The van der Waals surface area contributed by atoms with Crippen LogP contribution in [0, 0.1) is 18.3 Å². The van der Waals surface area contributed by atoms with E-state index in [1.54, 1.807) is 0 Å². The summed E-state index contributed by atoms with van der Waals surface area (Å²) in [6.45, 7) is 7.33. The second-order valence-corrected chi connectivity index (χ2v) is 4.50. The quantitative estimate of drug-likeness (QED) is 0.770. The van der Waals surface area contributed by atoms with Gasteiger partial charge in [-0.15, -0.1) is 0 Å². The number of benzene rings is 1. The molecular weight excluding hydrogens is 196 g/mol. The minimum absolute atomic E-state index is 0.513. The first-order chi connectivity index (χ1) is 7.57. The molecular formula is C14H20N2. The molecule has 0 amide bonds. The molecule has 1 aromatic carbocycles. The molecule has 0 spiro atoms. The molecule has 2 heteroatoms. The van der Waals surface area contributed by atoms with Crippen molar-refractivity contribution in [1.82, 2.24) is 0 Å². The third-order valence-electron chi connectivity index (χ3n) is 2.83. The minimum Gasteiger partial charge on any atom is -0.373 e. The molecule has 0 saturated heterocycles. The minimum atomic E-state index is 0.513. The number of anilines is 1. The Hall–Kier alpha value is -1.49. The van der Waals surface area contributed by atoms with Gasteiger partial charge in [0.25, 0.3) is 0 Å². The summed E-state index contributed by atoms with van der Waals surface area (Å²) in [5.74, 6) is 0.513. The molecule has 86 valence electrons. The summed E-state index contributed by atoms with van der Waals surface area (Å²) in [7, 11) is 2.06. The number of para-hydroxylation sites is 1. The third-order valence-corrected chi connectivity index (χ3v) is 2.83. The fourth-order valence-corrected chi connectivity index (χ4v) is 2.00. The van der Waals surface area contributed by atoms with Gasteiger partial charge in [0.2, 0.25) is 0 Å². The summed E-state index contributed by atoms with van der Waals surface area (Å²) >= 11 is 0. The summed E-state index contributed by atoms with van der Waals surface area (Å²) in [5.41, 5.74) is 3.93. The van der Waals surface area contributed by atoms with Crippen molar-refractivity contribution in [3.8, 4) is 6.07 Å². The Balaban J connectivity index is 3.05. The molecule has 0 heterocycles. The Labute approximate surface area is 98.5 Å². The molecule has 1 aromatic rings. The zero-order chi connectivity index (χ0) is 12.1. The van der Waals surface area contributed by atoms with Gasteiger partial charge in [0.05, 0.1) is 12.5 Å². The van der Waals surface area contributed by atoms with E-state index in [0.717, 1.165) is 6.54 Å². The number of rotatable bonds is 4. The van der Waals surface area contributed by atoms with Crippen LogP contribution in [0.3, 0.4) is 0 Å². The van der Waals surface area contributed by atoms with E-state index in [2.05, 4.69) is 57.0 Å². The zero-order valence-electron chi connectivity index (χ0n) is 10.6. The topological polar surface area (TPSA) is 27.0 Å². The summed E-state index contributed by atoms with van der Waals surface area (Å²) in [4.78, 5) is 2.19.